The van der Waals surface area contributed by atoms with Gasteiger partial charge in [-0.1, -0.05) is 64.1 Å². The number of nitro groups is 1. The van der Waals surface area contributed by atoms with Crippen LogP contribution in [-0.4, -0.2) is 21.3 Å². The van der Waals surface area contributed by atoms with Gasteiger partial charge in [0, 0.05) is 10.0 Å². The van der Waals surface area contributed by atoms with Gasteiger partial charge in [-0.05, 0) is 24.6 Å². The molecule has 2 bridgehead atoms. The molecule has 3 heterocycles. The summed E-state index contributed by atoms with van der Waals surface area (Å²) in [5, 5.41) is 15.4. The number of hydrogen-bond acceptors (Lipinski definition) is 5. The molecule has 132 valence electrons. The second-order valence-electron chi connectivity index (χ2n) is 6.88. The standard InChI is InChI=1S/C18H13BrN2O4S/c1-16-14-12-8-7-11(19)9-13(12)25-18(14,21(23)24)17(26-16,20-15(16)22)10-5-3-2-4-6-10/h2-9,14H,1H3,(H,20,22)/t14-,16+,17-,18-/m1/s1. The van der Waals surface area contributed by atoms with Gasteiger partial charge in [0.1, 0.15) is 16.4 Å². The molecule has 0 saturated carbocycles. The van der Waals surface area contributed by atoms with Crippen LogP contribution in [0.25, 0.3) is 0 Å². The number of nitrogens with zero attached hydrogens (tertiary/aromatic N) is 1. The number of thioether (sulfide) groups is 1. The second kappa shape index (κ2) is 4.80. The number of piperidine rings is 1. The van der Waals surface area contributed by atoms with E-state index in [0.717, 1.165) is 4.47 Å². The first-order valence-corrected chi connectivity index (χ1v) is 9.67. The largest absolute Gasteiger partial charge is 0.424 e. The minimum atomic E-state index is -1.80. The molecule has 1 amide bonds. The van der Waals surface area contributed by atoms with Crippen molar-refractivity contribution in [2.24, 2.45) is 0 Å². The molecule has 1 N–H and O–H groups in total. The molecule has 0 aliphatic carbocycles. The SMILES string of the molecule is C[C@@]12S[C@@](c3ccccc3)(NC1=O)[C@]1([N+](=O)[O-])Oc3cc(Br)ccc3[C@H]21. The molecule has 5 rings (SSSR count). The minimum Gasteiger partial charge on any atom is -0.424 e. The summed E-state index contributed by atoms with van der Waals surface area (Å²) in [6, 6.07) is 14.4. The van der Waals surface area contributed by atoms with Crippen LogP contribution in [0.3, 0.4) is 0 Å². The van der Waals surface area contributed by atoms with Gasteiger partial charge in [-0.2, -0.15) is 0 Å². The number of nitrogens with one attached hydrogen (secondary N) is 1. The number of ether oxygens (including phenoxy) is 1. The lowest BCUT2D eigenvalue weighted by Gasteiger charge is -2.38. The number of carbonyl (C=O) groups excluding carboxylic acids is 1. The van der Waals surface area contributed by atoms with Gasteiger partial charge in [0.2, 0.25) is 10.8 Å². The Morgan fingerprint density at radius 1 is 1.27 bits per heavy atom. The van der Waals surface area contributed by atoms with Gasteiger partial charge in [0.25, 0.3) is 0 Å². The fourth-order valence-corrected chi connectivity index (χ4v) is 6.83. The van der Waals surface area contributed by atoms with E-state index in [1.54, 1.807) is 25.1 Å². The number of fused-ring (bicyclic) bond motifs is 7. The average Bonchev–Trinajstić information content (AvgIpc) is 3.17. The van der Waals surface area contributed by atoms with E-state index in [1.807, 2.05) is 30.3 Å². The van der Waals surface area contributed by atoms with Crippen molar-refractivity contribution in [2.75, 3.05) is 0 Å². The molecule has 8 heteroatoms. The summed E-state index contributed by atoms with van der Waals surface area (Å²) in [6.45, 7) is 1.77. The van der Waals surface area contributed by atoms with Crippen LogP contribution in [0.15, 0.2) is 53.0 Å². The topological polar surface area (TPSA) is 81.5 Å². The van der Waals surface area contributed by atoms with Crippen molar-refractivity contribution in [1.82, 2.24) is 5.32 Å². The second-order valence-corrected chi connectivity index (χ2v) is 9.46. The zero-order valence-corrected chi connectivity index (χ0v) is 16.0. The van der Waals surface area contributed by atoms with Gasteiger partial charge < -0.3 is 10.1 Å². The average molecular weight is 433 g/mol. The fraction of sp³-hybridized carbons (Fsp3) is 0.278. The Kier molecular flexibility index (Phi) is 2.98. The molecule has 2 aromatic rings. The first-order chi connectivity index (χ1) is 12.3. The summed E-state index contributed by atoms with van der Waals surface area (Å²) in [6.07, 6.45) is 0. The Hall–Kier alpha value is -2.06. The van der Waals surface area contributed by atoms with Crippen molar-refractivity contribution in [2.45, 2.75) is 28.2 Å². The molecule has 26 heavy (non-hydrogen) atoms. The molecule has 2 saturated heterocycles. The van der Waals surface area contributed by atoms with Crippen LogP contribution in [0.2, 0.25) is 0 Å². The highest BCUT2D eigenvalue weighted by atomic mass is 79.9. The minimum absolute atomic E-state index is 0.201. The summed E-state index contributed by atoms with van der Waals surface area (Å²) in [5.41, 5.74) is -0.439. The number of hydrogen-bond donors (Lipinski definition) is 1. The predicted molar refractivity (Wildman–Crippen MR) is 99.5 cm³/mol. The van der Waals surface area contributed by atoms with E-state index in [-0.39, 0.29) is 10.8 Å². The van der Waals surface area contributed by atoms with Gasteiger partial charge in [-0.15, -0.1) is 0 Å². The van der Waals surface area contributed by atoms with Gasteiger partial charge in [-0.25, -0.2) is 0 Å². The van der Waals surface area contributed by atoms with Crippen molar-refractivity contribution in [3.05, 3.63) is 74.2 Å². The van der Waals surface area contributed by atoms with E-state index in [4.69, 9.17) is 4.74 Å². The third kappa shape index (κ3) is 1.58. The van der Waals surface area contributed by atoms with Gasteiger partial charge in [-0.3, -0.25) is 14.9 Å². The number of benzene rings is 2. The van der Waals surface area contributed by atoms with Gasteiger partial charge in [0.15, 0.2) is 0 Å². The molecule has 0 spiro atoms. The highest BCUT2D eigenvalue weighted by molar-refractivity contribution is 9.10. The molecule has 0 unspecified atom stereocenters. The first-order valence-electron chi connectivity index (χ1n) is 8.06. The van der Waals surface area contributed by atoms with E-state index in [1.165, 1.54) is 11.8 Å². The Labute approximate surface area is 161 Å². The van der Waals surface area contributed by atoms with Crippen molar-refractivity contribution >= 4 is 33.6 Å². The van der Waals surface area contributed by atoms with Crippen molar-refractivity contribution < 1.29 is 14.5 Å². The summed E-state index contributed by atoms with van der Waals surface area (Å²) in [7, 11) is 0. The zero-order chi connectivity index (χ0) is 18.3. The lowest BCUT2D eigenvalue weighted by Crippen LogP contribution is -2.68. The molecule has 0 aromatic heterocycles. The highest BCUT2D eigenvalue weighted by Gasteiger charge is 2.89. The van der Waals surface area contributed by atoms with Crippen LogP contribution in [0.1, 0.15) is 24.0 Å². The van der Waals surface area contributed by atoms with E-state index >= 15 is 0 Å². The molecule has 6 nitrogen and oxygen atoms in total. The van der Waals surface area contributed by atoms with Crippen LogP contribution in [0.4, 0.5) is 0 Å². The van der Waals surface area contributed by atoms with Crippen LogP contribution >= 0.6 is 27.7 Å². The monoisotopic (exact) mass is 432 g/mol. The number of carbonyl (C=O) groups is 1. The zero-order valence-electron chi connectivity index (χ0n) is 13.6. The summed E-state index contributed by atoms with van der Waals surface area (Å²) in [4.78, 5) is 23.7. The number of halogens is 1. The van der Waals surface area contributed by atoms with Crippen molar-refractivity contribution in [3.63, 3.8) is 0 Å². The molecule has 3 aliphatic heterocycles. The maximum Gasteiger partial charge on any atom is 0.408 e. The van der Waals surface area contributed by atoms with Crippen LogP contribution < -0.4 is 10.1 Å². The maximum atomic E-state index is 12.9. The quantitative estimate of drug-likeness (QED) is 0.580. The molecule has 4 atom stereocenters. The van der Waals surface area contributed by atoms with E-state index in [0.29, 0.717) is 16.9 Å². The predicted octanol–water partition coefficient (Wildman–Crippen LogP) is 3.39. The number of amides is 1. The number of rotatable bonds is 2. The van der Waals surface area contributed by atoms with Crippen molar-refractivity contribution in [3.8, 4) is 5.75 Å². The Morgan fingerprint density at radius 3 is 2.69 bits per heavy atom. The fourth-order valence-electron chi connectivity index (χ4n) is 4.53. The molecular formula is C18H13BrN2O4S. The third-order valence-electron chi connectivity index (χ3n) is 5.56. The summed E-state index contributed by atoms with van der Waals surface area (Å²) < 4.78 is 5.87. The first kappa shape index (κ1) is 16.1. The lowest BCUT2D eigenvalue weighted by molar-refractivity contribution is -0.627. The lowest BCUT2D eigenvalue weighted by atomic mass is 9.72. The van der Waals surface area contributed by atoms with Crippen LogP contribution in [0.5, 0.6) is 5.75 Å². The van der Waals surface area contributed by atoms with E-state index < -0.39 is 21.3 Å². The van der Waals surface area contributed by atoms with Gasteiger partial charge in [0.05, 0.1) is 4.92 Å². The molecule has 3 aliphatic rings. The smallest absolute Gasteiger partial charge is 0.408 e. The van der Waals surface area contributed by atoms with Crippen LogP contribution in [-0.2, 0) is 9.67 Å². The Morgan fingerprint density at radius 2 is 2.00 bits per heavy atom. The molecular weight excluding hydrogens is 420 g/mol. The van der Waals surface area contributed by atoms with Crippen LogP contribution in [0, 0.1) is 10.1 Å². The van der Waals surface area contributed by atoms with E-state index in [9.17, 15) is 14.9 Å². The maximum absolute atomic E-state index is 12.9. The molecule has 2 aromatic carbocycles. The van der Waals surface area contributed by atoms with Crippen molar-refractivity contribution in [1.29, 1.82) is 0 Å². The molecule has 0 radical (unpaired) electrons. The summed E-state index contributed by atoms with van der Waals surface area (Å²) >= 11 is 4.68. The molecule has 2 fully saturated rings. The third-order valence-corrected chi connectivity index (χ3v) is 7.83. The normalized spacial score (nSPS) is 36.2. The van der Waals surface area contributed by atoms with Gasteiger partial charge >= 0.3 is 5.72 Å². The summed E-state index contributed by atoms with van der Waals surface area (Å²) in [5.74, 6) is -0.440. The highest BCUT2D eigenvalue weighted by Crippen LogP contribution is 2.74. The Balaban J connectivity index is 1.84. The van der Waals surface area contributed by atoms with E-state index in [2.05, 4.69) is 21.2 Å². The Bertz CT molecular complexity index is 986.